The third-order valence-electron chi connectivity index (χ3n) is 3.50. The number of esters is 1. The number of rotatable bonds is 5. The van der Waals surface area contributed by atoms with Crippen molar-refractivity contribution in [3.8, 4) is 11.5 Å². The topological polar surface area (TPSA) is 124 Å². The number of imide groups is 2. The van der Waals surface area contributed by atoms with Gasteiger partial charge < -0.3 is 13.9 Å². The summed E-state index contributed by atoms with van der Waals surface area (Å²) < 4.78 is 16.4. The molecule has 2 N–H and O–H groups in total. The second kappa shape index (κ2) is 8.25. The largest absolute Gasteiger partial charge is 0.490 e. The molecule has 0 spiro atoms. The molecule has 4 amide bonds. The van der Waals surface area contributed by atoms with Gasteiger partial charge >= 0.3 is 12.0 Å². The predicted molar refractivity (Wildman–Crippen MR) is 104 cm³/mol. The molecule has 0 unspecified atom stereocenters. The number of benzene rings is 1. The number of carbonyl (C=O) groups excluding carboxylic acids is 4. The molecular formula is C18H13IN2O7. The van der Waals surface area contributed by atoms with Crippen molar-refractivity contribution in [3.63, 3.8) is 0 Å². The van der Waals surface area contributed by atoms with Crippen molar-refractivity contribution in [1.29, 1.82) is 0 Å². The highest BCUT2D eigenvalue weighted by Crippen LogP contribution is 2.35. The van der Waals surface area contributed by atoms with E-state index in [1.807, 2.05) is 33.2 Å². The Morgan fingerprint density at radius 2 is 1.93 bits per heavy atom. The fourth-order valence-electron chi connectivity index (χ4n) is 2.34. The Bertz CT molecular complexity index is 974. The van der Waals surface area contributed by atoms with Gasteiger partial charge in [0.2, 0.25) is 5.76 Å². The van der Waals surface area contributed by atoms with Gasteiger partial charge in [0.15, 0.2) is 11.5 Å². The zero-order valence-corrected chi connectivity index (χ0v) is 16.6. The van der Waals surface area contributed by atoms with Crippen LogP contribution < -0.4 is 20.1 Å². The molecule has 0 saturated carbocycles. The van der Waals surface area contributed by atoms with Crippen LogP contribution in [0.25, 0.3) is 6.08 Å². The normalized spacial score (nSPS) is 13.6. The summed E-state index contributed by atoms with van der Waals surface area (Å²) in [6, 6.07) is 5.26. The first-order valence-electron chi connectivity index (χ1n) is 7.99. The summed E-state index contributed by atoms with van der Waals surface area (Å²) in [7, 11) is 0. The van der Waals surface area contributed by atoms with Gasteiger partial charge in [-0.2, -0.15) is 0 Å². The molecule has 144 valence electrons. The Balaban J connectivity index is 1.96. The van der Waals surface area contributed by atoms with E-state index in [2.05, 4.69) is 0 Å². The molecule has 10 heteroatoms. The average molecular weight is 496 g/mol. The maximum Gasteiger partial charge on any atom is 0.379 e. The van der Waals surface area contributed by atoms with Gasteiger partial charge in [0.1, 0.15) is 5.57 Å². The second-order valence-electron chi connectivity index (χ2n) is 5.43. The van der Waals surface area contributed by atoms with E-state index in [1.54, 1.807) is 19.1 Å². The Kier molecular flexibility index (Phi) is 5.78. The monoisotopic (exact) mass is 496 g/mol. The number of urea groups is 1. The van der Waals surface area contributed by atoms with E-state index < -0.39 is 23.8 Å². The zero-order valence-electron chi connectivity index (χ0n) is 14.4. The van der Waals surface area contributed by atoms with E-state index >= 15 is 0 Å². The van der Waals surface area contributed by atoms with Gasteiger partial charge in [0.25, 0.3) is 11.8 Å². The van der Waals surface area contributed by atoms with Crippen LogP contribution in [0, 0.1) is 3.57 Å². The molecule has 0 radical (unpaired) electrons. The first kappa shape index (κ1) is 19.6. The predicted octanol–water partition coefficient (Wildman–Crippen LogP) is 2.25. The summed E-state index contributed by atoms with van der Waals surface area (Å²) >= 11 is 1.94. The molecular weight excluding hydrogens is 483 g/mol. The fourth-order valence-corrected chi connectivity index (χ4v) is 3.08. The molecule has 28 heavy (non-hydrogen) atoms. The van der Waals surface area contributed by atoms with Crippen molar-refractivity contribution in [3.05, 3.63) is 51.0 Å². The summed E-state index contributed by atoms with van der Waals surface area (Å²) in [4.78, 5) is 47.1. The number of halogens is 1. The minimum atomic E-state index is -0.878. The van der Waals surface area contributed by atoms with E-state index in [0.29, 0.717) is 9.13 Å². The first-order valence-corrected chi connectivity index (χ1v) is 9.07. The van der Waals surface area contributed by atoms with Crippen molar-refractivity contribution < 1.29 is 33.1 Å². The SMILES string of the molecule is CCOc1cc(C=C2C(=O)NC(=O)NC2=O)cc(I)c1OC(=O)c1ccco1. The molecule has 1 saturated heterocycles. The van der Waals surface area contributed by atoms with Crippen LogP contribution in [0.4, 0.5) is 4.79 Å². The van der Waals surface area contributed by atoms with Gasteiger partial charge in [-0.15, -0.1) is 0 Å². The van der Waals surface area contributed by atoms with E-state index in [0.717, 1.165) is 0 Å². The lowest BCUT2D eigenvalue weighted by atomic mass is 10.1. The van der Waals surface area contributed by atoms with Gasteiger partial charge in [-0.3, -0.25) is 20.2 Å². The molecule has 2 aromatic rings. The van der Waals surface area contributed by atoms with Crippen LogP contribution >= 0.6 is 22.6 Å². The lowest BCUT2D eigenvalue weighted by Crippen LogP contribution is -2.51. The smallest absolute Gasteiger partial charge is 0.379 e. The summed E-state index contributed by atoms with van der Waals surface area (Å²) in [6.45, 7) is 2.04. The van der Waals surface area contributed by atoms with Gasteiger partial charge in [-0.25, -0.2) is 9.59 Å². The van der Waals surface area contributed by atoms with Gasteiger partial charge in [-0.1, -0.05) is 0 Å². The van der Waals surface area contributed by atoms with Gasteiger partial charge in [-0.05, 0) is 65.4 Å². The molecule has 1 aliphatic rings. The van der Waals surface area contributed by atoms with E-state index in [9.17, 15) is 19.2 Å². The minimum absolute atomic E-state index is 0.0321. The summed E-state index contributed by atoms with van der Waals surface area (Å²) in [5.74, 6) is -1.86. The van der Waals surface area contributed by atoms with E-state index in [1.165, 1.54) is 24.5 Å². The molecule has 1 aliphatic heterocycles. The van der Waals surface area contributed by atoms with Crippen LogP contribution in [0.5, 0.6) is 11.5 Å². The number of hydrogen-bond acceptors (Lipinski definition) is 7. The highest BCUT2D eigenvalue weighted by atomic mass is 127. The Morgan fingerprint density at radius 3 is 2.54 bits per heavy atom. The molecule has 2 heterocycles. The standard InChI is InChI=1S/C18H13IN2O7/c1-2-26-13-8-9(6-10-15(22)20-18(25)21-16(10)23)7-11(19)14(13)28-17(24)12-4-3-5-27-12/h3-8H,2H2,1H3,(H2,20,21,22,23,25). The van der Waals surface area contributed by atoms with Crippen molar-refractivity contribution in [2.24, 2.45) is 0 Å². The summed E-state index contributed by atoms with van der Waals surface area (Å²) in [6.07, 6.45) is 2.66. The van der Waals surface area contributed by atoms with E-state index in [4.69, 9.17) is 13.9 Å². The van der Waals surface area contributed by atoms with Crippen LogP contribution in [-0.4, -0.2) is 30.4 Å². The van der Waals surface area contributed by atoms with Gasteiger partial charge in [0, 0.05) is 0 Å². The van der Waals surface area contributed by atoms with Crippen LogP contribution in [0.15, 0.2) is 40.5 Å². The van der Waals surface area contributed by atoms with E-state index in [-0.39, 0.29) is 29.4 Å². The zero-order chi connectivity index (χ0) is 20.3. The number of nitrogens with one attached hydrogen (secondary N) is 2. The number of furan rings is 1. The lowest BCUT2D eigenvalue weighted by Gasteiger charge is -2.15. The number of ether oxygens (including phenoxy) is 2. The Hall–Kier alpha value is -3.15. The van der Waals surface area contributed by atoms with Crippen LogP contribution in [-0.2, 0) is 9.59 Å². The quantitative estimate of drug-likeness (QED) is 0.214. The maximum absolute atomic E-state index is 12.2. The summed E-state index contributed by atoms with van der Waals surface area (Å²) in [5, 5.41) is 3.99. The molecule has 0 atom stereocenters. The van der Waals surface area contributed by atoms with Crippen molar-refractivity contribution >= 4 is 52.5 Å². The molecule has 3 rings (SSSR count). The number of carbonyl (C=O) groups is 4. The Morgan fingerprint density at radius 1 is 1.21 bits per heavy atom. The van der Waals surface area contributed by atoms with Crippen molar-refractivity contribution in [2.75, 3.05) is 6.61 Å². The molecule has 9 nitrogen and oxygen atoms in total. The molecule has 1 aromatic carbocycles. The highest BCUT2D eigenvalue weighted by molar-refractivity contribution is 14.1. The molecule has 0 bridgehead atoms. The third kappa shape index (κ3) is 4.22. The Labute approximate surface area is 172 Å². The number of amides is 4. The molecule has 1 fully saturated rings. The average Bonchev–Trinajstić information content (AvgIpc) is 3.16. The molecule has 0 aliphatic carbocycles. The second-order valence-corrected chi connectivity index (χ2v) is 6.59. The van der Waals surface area contributed by atoms with Crippen molar-refractivity contribution in [1.82, 2.24) is 10.6 Å². The van der Waals surface area contributed by atoms with Crippen LogP contribution in [0.3, 0.4) is 0 Å². The first-order chi connectivity index (χ1) is 13.4. The number of barbiturate groups is 1. The van der Waals surface area contributed by atoms with Crippen molar-refractivity contribution in [2.45, 2.75) is 6.92 Å². The third-order valence-corrected chi connectivity index (χ3v) is 4.30. The van der Waals surface area contributed by atoms with Gasteiger partial charge in [0.05, 0.1) is 16.4 Å². The molecule has 1 aromatic heterocycles. The minimum Gasteiger partial charge on any atom is -0.490 e. The number of hydrogen-bond donors (Lipinski definition) is 2. The highest BCUT2D eigenvalue weighted by Gasteiger charge is 2.28. The van der Waals surface area contributed by atoms with Crippen LogP contribution in [0.1, 0.15) is 23.0 Å². The lowest BCUT2D eigenvalue weighted by molar-refractivity contribution is -0.123. The maximum atomic E-state index is 12.2. The summed E-state index contributed by atoms with van der Waals surface area (Å²) in [5.41, 5.74) is 0.207. The van der Waals surface area contributed by atoms with Crippen LogP contribution in [0.2, 0.25) is 0 Å². The fraction of sp³-hybridized carbons (Fsp3) is 0.111.